The van der Waals surface area contributed by atoms with Crippen molar-refractivity contribution >= 4 is 32.5 Å². The first kappa shape index (κ1) is 18.6. The fraction of sp³-hybridized carbons (Fsp3) is 0.211. The minimum Gasteiger partial charge on any atom is -0.322 e. The number of aromatic nitrogens is 1. The van der Waals surface area contributed by atoms with Crippen LogP contribution in [0.4, 0.5) is 0 Å². The SMILES string of the molecule is Cc1ccc2cc(CCNS(=O)(=O)c3ccc(C)c(Cl)c3)c(=O)[nH]c2c1. The van der Waals surface area contributed by atoms with Crippen LogP contribution in [0.3, 0.4) is 0 Å². The molecule has 1 aromatic heterocycles. The summed E-state index contributed by atoms with van der Waals surface area (Å²) in [4.78, 5) is 15.2. The van der Waals surface area contributed by atoms with Crippen LogP contribution in [0.1, 0.15) is 16.7 Å². The van der Waals surface area contributed by atoms with Crippen LogP contribution in [0.25, 0.3) is 10.9 Å². The van der Waals surface area contributed by atoms with Crippen molar-refractivity contribution < 1.29 is 8.42 Å². The average Bonchev–Trinajstić information content (AvgIpc) is 2.57. The molecule has 0 amide bonds. The van der Waals surface area contributed by atoms with Crippen LogP contribution in [0.5, 0.6) is 0 Å². The molecule has 0 saturated heterocycles. The molecule has 2 aromatic carbocycles. The third kappa shape index (κ3) is 3.98. The molecule has 0 atom stereocenters. The van der Waals surface area contributed by atoms with E-state index in [1.807, 2.05) is 25.1 Å². The smallest absolute Gasteiger partial charge is 0.251 e. The fourth-order valence-corrected chi connectivity index (χ4v) is 3.99. The van der Waals surface area contributed by atoms with Crippen molar-refractivity contribution in [3.8, 4) is 0 Å². The van der Waals surface area contributed by atoms with E-state index in [0.29, 0.717) is 10.6 Å². The molecule has 26 heavy (non-hydrogen) atoms. The molecule has 0 unspecified atom stereocenters. The molecule has 0 aliphatic carbocycles. The lowest BCUT2D eigenvalue weighted by molar-refractivity contribution is 0.581. The molecule has 0 bridgehead atoms. The molecule has 3 aromatic rings. The van der Waals surface area contributed by atoms with Gasteiger partial charge in [0.25, 0.3) is 5.56 Å². The van der Waals surface area contributed by atoms with Crippen molar-refractivity contribution in [1.29, 1.82) is 0 Å². The van der Waals surface area contributed by atoms with E-state index in [1.165, 1.54) is 12.1 Å². The van der Waals surface area contributed by atoms with Gasteiger partial charge in [0.05, 0.1) is 4.90 Å². The zero-order valence-corrected chi connectivity index (χ0v) is 16.0. The van der Waals surface area contributed by atoms with E-state index in [1.54, 1.807) is 19.1 Å². The highest BCUT2D eigenvalue weighted by Gasteiger charge is 2.15. The van der Waals surface area contributed by atoms with E-state index in [-0.39, 0.29) is 23.4 Å². The van der Waals surface area contributed by atoms with Gasteiger partial charge in [-0.25, -0.2) is 13.1 Å². The zero-order valence-electron chi connectivity index (χ0n) is 14.5. The number of benzene rings is 2. The number of rotatable bonds is 5. The number of nitrogens with one attached hydrogen (secondary N) is 2. The zero-order chi connectivity index (χ0) is 18.9. The molecule has 3 rings (SSSR count). The van der Waals surface area contributed by atoms with Gasteiger partial charge in [-0.15, -0.1) is 0 Å². The number of sulfonamides is 1. The summed E-state index contributed by atoms with van der Waals surface area (Å²) >= 11 is 6.00. The first-order chi connectivity index (χ1) is 12.3. The molecule has 136 valence electrons. The van der Waals surface area contributed by atoms with E-state index >= 15 is 0 Å². The molecule has 0 saturated carbocycles. The second kappa shape index (κ2) is 7.23. The summed E-state index contributed by atoms with van der Waals surface area (Å²) in [7, 11) is -3.68. The van der Waals surface area contributed by atoms with Gasteiger partial charge in [-0.1, -0.05) is 29.8 Å². The fourth-order valence-electron chi connectivity index (χ4n) is 2.69. The van der Waals surface area contributed by atoms with Gasteiger partial charge < -0.3 is 4.98 Å². The highest BCUT2D eigenvalue weighted by atomic mass is 35.5. The number of aromatic amines is 1. The molecule has 7 heteroatoms. The van der Waals surface area contributed by atoms with Crippen LogP contribution in [0.2, 0.25) is 5.02 Å². The topological polar surface area (TPSA) is 79.0 Å². The van der Waals surface area contributed by atoms with Crippen LogP contribution in [-0.2, 0) is 16.4 Å². The van der Waals surface area contributed by atoms with Crippen molar-refractivity contribution in [2.75, 3.05) is 6.54 Å². The van der Waals surface area contributed by atoms with Gasteiger partial charge >= 0.3 is 0 Å². The maximum absolute atomic E-state index is 12.4. The maximum atomic E-state index is 12.4. The monoisotopic (exact) mass is 390 g/mol. The van der Waals surface area contributed by atoms with Crippen molar-refractivity contribution in [2.45, 2.75) is 25.2 Å². The number of pyridine rings is 1. The summed E-state index contributed by atoms with van der Waals surface area (Å²) in [6.45, 7) is 3.88. The van der Waals surface area contributed by atoms with E-state index in [9.17, 15) is 13.2 Å². The van der Waals surface area contributed by atoms with Gasteiger partial charge in [-0.2, -0.15) is 0 Å². The molecular weight excluding hydrogens is 372 g/mol. The predicted octanol–water partition coefficient (Wildman–Crippen LogP) is 3.32. The Morgan fingerprint density at radius 3 is 2.58 bits per heavy atom. The van der Waals surface area contributed by atoms with Crippen molar-refractivity contribution in [3.05, 3.63) is 74.5 Å². The molecular formula is C19H19ClN2O3S. The summed E-state index contributed by atoms with van der Waals surface area (Å²) in [6, 6.07) is 12.2. The van der Waals surface area contributed by atoms with Crippen LogP contribution >= 0.6 is 11.6 Å². The molecule has 2 N–H and O–H groups in total. The second-order valence-electron chi connectivity index (χ2n) is 6.27. The number of aryl methyl sites for hydroxylation is 2. The summed E-state index contributed by atoms with van der Waals surface area (Å²) < 4.78 is 27.2. The Labute approximate surface area is 157 Å². The van der Waals surface area contributed by atoms with E-state index in [0.717, 1.165) is 22.0 Å². The van der Waals surface area contributed by atoms with Crippen LogP contribution in [0, 0.1) is 13.8 Å². The molecule has 0 fully saturated rings. The Morgan fingerprint density at radius 2 is 1.85 bits per heavy atom. The van der Waals surface area contributed by atoms with Crippen molar-refractivity contribution in [2.24, 2.45) is 0 Å². The van der Waals surface area contributed by atoms with E-state index in [2.05, 4.69) is 9.71 Å². The number of fused-ring (bicyclic) bond motifs is 1. The number of hydrogen-bond acceptors (Lipinski definition) is 3. The third-order valence-electron chi connectivity index (χ3n) is 4.22. The second-order valence-corrected chi connectivity index (χ2v) is 8.45. The van der Waals surface area contributed by atoms with E-state index < -0.39 is 10.0 Å². The van der Waals surface area contributed by atoms with Crippen LogP contribution < -0.4 is 10.3 Å². The summed E-state index contributed by atoms with van der Waals surface area (Å²) in [5.74, 6) is 0. The third-order valence-corrected chi connectivity index (χ3v) is 6.08. The highest BCUT2D eigenvalue weighted by molar-refractivity contribution is 7.89. The van der Waals surface area contributed by atoms with Gasteiger partial charge in [-0.05, 0) is 61.0 Å². The Balaban J connectivity index is 1.75. The Bertz CT molecular complexity index is 1140. The normalized spacial score (nSPS) is 11.8. The molecule has 0 aliphatic rings. The Kier molecular flexibility index (Phi) is 5.18. The maximum Gasteiger partial charge on any atom is 0.251 e. The minimum atomic E-state index is -3.68. The average molecular weight is 391 g/mol. The molecule has 0 aliphatic heterocycles. The van der Waals surface area contributed by atoms with Crippen molar-refractivity contribution in [3.63, 3.8) is 0 Å². The number of halogens is 1. The number of H-pyrrole nitrogens is 1. The van der Waals surface area contributed by atoms with Gasteiger partial charge in [-0.3, -0.25) is 4.79 Å². The standard InChI is InChI=1S/C19H19ClN2O3S/c1-12-3-5-14-10-15(19(23)22-18(14)9-12)7-8-21-26(24,25)16-6-4-13(2)17(20)11-16/h3-6,9-11,21H,7-8H2,1-2H3,(H,22,23). The largest absolute Gasteiger partial charge is 0.322 e. The first-order valence-electron chi connectivity index (χ1n) is 8.15. The molecule has 0 radical (unpaired) electrons. The quantitative estimate of drug-likeness (QED) is 0.701. The summed E-state index contributed by atoms with van der Waals surface area (Å²) in [5, 5.41) is 1.31. The summed E-state index contributed by atoms with van der Waals surface area (Å²) in [6.07, 6.45) is 0.290. The molecule has 5 nitrogen and oxygen atoms in total. The van der Waals surface area contributed by atoms with Gasteiger partial charge in [0.15, 0.2) is 0 Å². The minimum absolute atomic E-state index is 0.107. The molecule has 1 heterocycles. The van der Waals surface area contributed by atoms with Gasteiger partial charge in [0.2, 0.25) is 10.0 Å². The van der Waals surface area contributed by atoms with Crippen molar-refractivity contribution in [1.82, 2.24) is 9.71 Å². The lowest BCUT2D eigenvalue weighted by Gasteiger charge is -2.08. The van der Waals surface area contributed by atoms with Crippen LogP contribution in [-0.4, -0.2) is 19.9 Å². The number of hydrogen-bond donors (Lipinski definition) is 2. The lowest BCUT2D eigenvalue weighted by atomic mass is 10.1. The predicted molar refractivity (Wildman–Crippen MR) is 104 cm³/mol. The molecule has 0 spiro atoms. The lowest BCUT2D eigenvalue weighted by Crippen LogP contribution is -2.27. The van der Waals surface area contributed by atoms with Crippen LogP contribution in [0.15, 0.2) is 52.2 Å². The van der Waals surface area contributed by atoms with Gasteiger partial charge in [0, 0.05) is 22.6 Å². The Hall–Kier alpha value is -2.15. The van der Waals surface area contributed by atoms with Gasteiger partial charge in [0.1, 0.15) is 0 Å². The van der Waals surface area contributed by atoms with E-state index in [4.69, 9.17) is 11.6 Å². The summed E-state index contributed by atoms with van der Waals surface area (Å²) in [5.41, 5.74) is 2.97. The highest BCUT2D eigenvalue weighted by Crippen LogP contribution is 2.20. The Morgan fingerprint density at radius 1 is 1.08 bits per heavy atom. The first-order valence-corrected chi connectivity index (χ1v) is 10.0.